The molecular formula is C12H6N6O8. The van der Waals surface area contributed by atoms with Gasteiger partial charge in [-0.3, -0.25) is 35.0 Å². The first-order valence-electron chi connectivity index (χ1n) is 6.67. The Bertz CT molecular complexity index is 1080. The normalized spacial score (nSPS) is 10.6. The molecule has 1 heterocycles. The Morgan fingerprint density at radius 2 is 1.58 bits per heavy atom. The van der Waals surface area contributed by atoms with Crippen molar-refractivity contribution >= 4 is 39.5 Å². The van der Waals surface area contributed by atoms with Gasteiger partial charge in [0, 0.05) is 6.07 Å². The number of hydrogen-bond acceptors (Lipinski definition) is 10. The van der Waals surface area contributed by atoms with Gasteiger partial charge in [0.1, 0.15) is 11.8 Å². The Kier molecular flexibility index (Phi) is 3.76. The number of nitrogens with zero attached hydrogens (tertiary/aromatic N) is 5. The van der Waals surface area contributed by atoms with Gasteiger partial charge in [-0.15, -0.1) is 0 Å². The molecule has 0 aliphatic heterocycles. The van der Waals surface area contributed by atoms with E-state index in [-0.39, 0.29) is 10.6 Å². The van der Waals surface area contributed by atoms with Crippen LogP contribution >= 0.6 is 0 Å². The predicted molar refractivity (Wildman–Crippen MR) is 82.7 cm³/mol. The van der Waals surface area contributed by atoms with Crippen LogP contribution in [0.25, 0.3) is 11.0 Å². The number of nitrogens with one attached hydrogen (secondary N) is 1. The van der Waals surface area contributed by atoms with Gasteiger partial charge in [-0.05, 0) is 11.0 Å². The molecule has 0 unspecified atom stereocenters. The molecule has 132 valence electrons. The van der Waals surface area contributed by atoms with Gasteiger partial charge >= 0.3 is 16.9 Å². The van der Waals surface area contributed by atoms with Crippen LogP contribution in [0.5, 0.6) is 0 Å². The first-order chi connectivity index (χ1) is 12.3. The molecule has 0 bridgehead atoms. The molecular weight excluding hydrogens is 356 g/mol. The van der Waals surface area contributed by atoms with Crippen LogP contribution in [0.2, 0.25) is 0 Å². The largest absolute Gasteiger partial charge is 0.359 e. The average Bonchev–Trinajstić information content (AvgIpc) is 2.97. The number of fused-ring (bicyclic) bond motifs is 1. The lowest BCUT2D eigenvalue weighted by Gasteiger charge is -2.07. The van der Waals surface area contributed by atoms with Gasteiger partial charge in [0.05, 0.1) is 19.9 Å². The van der Waals surface area contributed by atoms with E-state index < -0.39 is 48.6 Å². The molecule has 0 saturated heterocycles. The smallest absolute Gasteiger partial charge is 0.334 e. The second-order valence-electron chi connectivity index (χ2n) is 4.83. The minimum Gasteiger partial charge on any atom is -0.359 e. The lowest BCUT2D eigenvalue weighted by Crippen LogP contribution is -2.24. The highest BCUT2D eigenvalue weighted by Crippen LogP contribution is 2.39. The van der Waals surface area contributed by atoms with E-state index in [9.17, 15) is 35.6 Å². The number of rotatable bonds is 5. The maximum Gasteiger partial charge on any atom is 0.334 e. The van der Waals surface area contributed by atoms with Crippen LogP contribution in [0.3, 0.4) is 0 Å². The van der Waals surface area contributed by atoms with Gasteiger partial charge < -0.3 is 10.5 Å². The average molecular weight is 362 g/mol. The van der Waals surface area contributed by atoms with E-state index in [1.807, 2.05) is 0 Å². The second kappa shape index (κ2) is 5.93. The van der Waals surface area contributed by atoms with E-state index in [4.69, 9.17) is 0 Å². The van der Waals surface area contributed by atoms with E-state index in [0.717, 1.165) is 6.07 Å². The van der Waals surface area contributed by atoms with Crippen LogP contribution in [0.15, 0.2) is 35.0 Å². The minimum atomic E-state index is -0.976. The van der Waals surface area contributed by atoms with E-state index in [1.165, 1.54) is 18.2 Å². The Morgan fingerprint density at radius 1 is 0.962 bits per heavy atom. The number of anilines is 2. The van der Waals surface area contributed by atoms with Crippen LogP contribution in [0, 0.1) is 35.6 Å². The fourth-order valence-electron chi connectivity index (χ4n) is 2.30. The highest BCUT2D eigenvalue weighted by Gasteiger charge is 2.35. The van der Waals surface area contributed by atoms with Gasteiger partial charge in [0.2, 0.25) is 0 Å². The SMILES string of the molecule is O=[N+]([O-])c1ccccc1Nc1c([N+](=O)[O-])cc([N+](=O)[O-])c2no[n+]([O-])c12. The molecule has 0 amide bonds. The zero-order valence-electron chi connectivity index (χ0n) is 12.4. The lowest BCUT2D eigenvalue weighted by atomic mass is 10.1. The monoisotopic (exact) mass is 362 g/mol. The van der Waals surface area contributed by atoms with Gasteiger partial charge in [0.25, 0.3) is 11.2 Å². The Balaban J connectivity index is 2.32. The summed E-state index contributed by atoms with van der Waals surface area (Å²) in [6.07, 6.45) is 0. The van der Waals surface area contributed by atoms with Crippen molar-refractivity contribution < 1.29 is 24.3 Å². The first-order valence-corrected chi connectivity index (χ1v) is 6.67. The molecule has 0 aliphatic rings. The van der Waals surface area contributed by atoms with Crippen LogP contribution in [0.1, 0.15) is 0 Å². The summed E-state index contributed by atoms with van der Waals surface area (Å²) in [5.74, 6) is 0. The molecule has 0 atom stereocenters. The number of benzene rings is 2. The van der Waals surface area contributed by atoms with Crippen molar-refractivity contribution in [3.8, 4) is 0 Å². The molecule has 26 heavy (non-hydrogen) atoms. The minimum absolute atomic E-state index is 0.169. The van der Waals surface area contributed by atoms with Gasteiger partial charge in [-0.25, -0.2) is 0 Å². The highest BCUT2D eigenvalue weighted by molar-refractivity contribution is 5.98. The Hall–Kier alpha value is -4.36. The lowest BCUT2D eigenvalue weighted by molar-refractivity contribution is -0.782. The summed E-state index contributed by atoms with van der Waals surface area (Å²) in [5.41, 5.74) is -3.98. The molecule has 1 aromatic heterocycles. The number of nitro benzene ring substituents is 3. The zero-order valence-corrected chi connectivity index (χ0v) is 12.4. The summed E-state index contributed by atoms with van der Waals surface area (Å²) < 4.78 is 4.31. The third-order valence-electron chi connectivity index (χ3n) is 3.38. The number of non-ortho nitro benzene ring substituents is 1. The summed E-state index contributed by atoms with van der Waals surface area (Å²) in [6, 6.07) is 5.76. The van der Waals surface area contributed by atoms with Crippen LogP contribution in [-0.4, -0.2) is 19.9 Å². The van der Waals surface area contributed by atoms with Crippen LogP contribution < -0.4 is 10.2 Å². The quantitative estimate of drug-likeness (QED) is 0.398. The maximum atomic E-state index is 11.8. The van der Waals surface area contributed by atoms with E-state index in [0.29, 0.717) is 6.07 Å². The molecule has 0 fully saturated rings. The van der Waals surface area contributed by atoms with E-state index >= 15 is 0 Å². The molecule has 3 rings (SSSR count). The topological polar surface area (TPSA) is 194 Å². The molecule has 14 heteroatoms. The van der Waals surface area contributed by atoms with Crippen molar-refractivity contribution in [1.29, 1.82) is 0 Å². The van der Waals surface area contributed by atoms with Crippen LogP contribution in [0.4, 0.5) is 28.4 Å². The Labute approximate surface area is 141 Å². The van der Waals surface area contributed by atoms with Crippen molar-refractivity contribution in [2.45, 2.75) is 0 Å². The molecule has 0 aliphatic carbocycles. The standard InChI is InChI=1S/C12H6N6O8/c19-15(20)7-4-2-1-3-6(7)13-10-8(16(21)22)5-9(17(23)24)11-12(10)18(25)26-14-11/h1-5,13H. The molecule has 14 nitrogen and oxygen atoms in total. The summed E-state index contributed by atoms with van der Waals surface area (Å²) in [6.45, 7) is 0. The van der Waals surface area contributed by atoms with E-state index in [2.05, 4.69) is 15.1 Å². The van der Waals surface area contributed by atoms with Crippen molar-refractivity contribution in [3.05, 3.63) is 65.9 Å². The maximum absolute atomic E-state index is 11.8. The van der Waals surface area contributed by atoms with Crippen molar-refractivity contribution in [2.75, 3.05) is 5.32 Å². The zero-order chi connectivity index (χ0) is 19.0. The van der Waals surface area contributed by atoms with Gasteiger partial charge in [-0.1, -0.05) is 12.1 Å². The Morgan fingerprint density at radius 3 is 2.19 bits per heavy atom. The molecule has 2 aromatic carbocycles. The third kappa shape index (κ3) is 2.56. The van der Waals surface area contributed by atoms with Gasteiger partial charge in [-0.2, -0.15) is 0 Å². The van der Waals surface area contributed by atoms with Crippen molar-refractivity contribution in [2.24, 2.45) is 0 Å². The summed E-state index contributed by atoms with van der Waals surface area (Å²) >= 11 is 0. The molecule has 0 spiro atoms. The predicted octanol–water partition coefficient (Wildman–Crippen LogP) is 1.93. The van der Waals surface area contributed by atoms with Crippen molar-refractivity contribution in [1.82, 2.24) is 5.16 Å². The molecule has 0 radical (unpaired) electrons. The molecule has 1 N–H and O–H groups in total. The summed E-state index contributed by atoms with van der Waals surface area (Å²) in [4.78, 5) is 30.6. The third-order valence-corrected chi connectivity index (χ3v) is 3.38. The fourth-order valence-corrected chi connectivity index (χ4v) is 2.30. The number of aromatic nitrogens is 2. The number of hydrogen-bond donors (Lipinski definition) is 1. The molecule has 0 saturated carbocycles. The van der Waals surface area contributed by atoms with Crippen LogP contribution in [-0.2, 0) is 0 Å². The first kappa shape index (κ1) is 16.5. The number of para-hydroxylation sites is 2. The highest BCUT2D eigenvalue weighted by atomic mass is 16.8. The van der Waals surface area contributed by atoms with Gasteiger partial charge in [0.15, 0.2) is 5.69 Å². The fraction of sp³-hybridized carbons (Fsp3) is 0. The van der Waals surface area contributed by atoms with E-state index in [1.54, 1.807) is 0 Å². The summed E-state index contributed by atoms with van der Waals surface area (Å²) in [5, 5.41) is 51.0. The summed E-state index contributed by atoms with van der Waals surface area (Å²) in [7, 11) is 0. The number of nitro groups is 3. The second-order valence-corrected chi connectivity index (χ2v) is 4.83. The van der Waals surface area contributed by atoms with Crippen molar-refractivity contribution in [3.63, 3.8) is 0 Å². The molecule has 3 aromatic rings.